The van der Waals surface area contributed by atoms with E-state index in [4.69, 9.17) is 16.3 Å². The molecule has 0 aliphatic heterocycles. The summed E-state index contributed by atoms with van der Waals surface area (Å²) < 4.78 is 19.8. The standard InChI is InChI=1S/C16H9ClFN3O2/c1-9(22)23-14-7-20-13(6-19)16-15(14)12(17)8-21(16)11-4-2-10(18)3-5-11/h2-5,7-8H,1H3. The first kappa shape index (κ1) is 15.0. The molecule has 114 valence electrons. The van der Waals surface area contributed by atoms with E-state index in [-0.39, 0.29) is 17.3 Å². The van der Waals surface area contributed by atoms with Crippen LogP contribution in [0.4, 0.5) is 4.39 Å². The van der Waals surface area contributed by atoms with Crippen LogP contribution in [0.25, 0.3) is 16.6 Å². The van der Waals surface area contributed by atoms with Crippen molar-refractivity contribution >= 4 is 28.5 Å². The lowest BCUT2D eigenvalue weighted by Gasteiger charge is -2.08. The molecule has 0 amide bonds. The van der Waals surface area contributed by atoms with E-state index in [0.717, 1.165) is 0 Å². The molecule has 0 atom stereocenters. The Kier molecular flexibility index (Phi) is 3.72. The number of carbonyl (C=O) groups is 1. The molecule has 5 nitrogen and oxygen atoms in total. The van der Waals surface area contributed by atoms with Crippen LogP contribution in [0.5, 0.6) is 5.75 Å². The summed E-state index contributed by atoms with van der Waals surface area (Å²) in [5, 5.41) is 9.99. The van der Waals surface area contributed by atoms with Crippen molar-refractivity contribution in [3.05, 3.63) is 53.2 Å². The summed E-state index contributed by atoms with van der Waals surface area (Å²) in [5.41, 5.74) is 1.11. The number of ether oxygens (including phenoxy) is 1. The van der Waals surface area contributed by atoms with Crippen molar-refractivity contribution in [2.75, 3.05) is 0 Å². The molecule has 0 unspecified atom stereocenters. The number of nitrogens with zero attached hydrogens (tertiary/aromatic N) is 3. The van der Waals surface area contributed by atoms with Crippen molar-refractivity contribution in [3.63, 3.8) is 0 Å². The van der Waals surface area contributed by atoms with E-state index in [1.165, 1.54) is 25.3 Å². The third kappa shape index (κ3) is 2.62. The van der Waals surface area contributed by atoms with Crippen LogP contribution in [0.1, 0.15) is 12.6 Å². The molecule has 0 bridgehead atoms. The van der Waals surface area contributed by atoms with Crippen LogP contribution in [0.2, 0.25) is 5.02 Å². The van der Waals surface area contributed by atoms with Crippen LogP contribution >= 0.6 is 11.6 Å². The van der Waals surface area contributed by atoms with E-state index in [0.29, 0.717) is 21.6 Å². The maximum Gasteiger partial charge on any atom is 0.308 e. The molecule has 3 aromatic rings. The second-order valence-corrected chi connectivity index (χ2v) is 5.13. The first-order chi connectivity index (χ1) is 11.0. The summed E-state index contributed by atoms with van der Waals surface area (Å²) in [6.07, 6.45) is 2.85. The molecule has 0 saturated carbocycles. The van der Waals surface area contributed by atoms with E-state index < -0.39 is 5.97 Å². The van der Waals surface area contributed by atoms with E-state index >= 15 is 0 Å². The molecule has 23 heavy (non-hydrogen) atoms. The van der Waals surface area contributed by atoms with Gasteiger partial charge in [0.25, 0.3) is 0 Å². The van der Waals surface area contributed by atoms with Gasteiger partial charge in [0.2, 0.25) is 0 Å². The number of benzene rings is 1. The summed E-state index contributed by atoms with van der Waals surface area (Å²) in [4.78, 5) is 15.2. The van der Waals surface area contributed by atoms with Crippen LogP contribution in [-0.2, 0) is 4.79 Å². The van der Waals surface area contributed by atoms with Crippen molar-refractivity contribution in [3.8, 4) is 17.5 Å². The quantitative estimate of drug-likeness (QED) is 0.673. The minimum Gasteiger partial charge on any atom is -0.424 e. The van der Waals surface area contributed by atoms with E-state index in [9.17, 15) is 14.4 Å². The van der Waals surface area contributed by atoms with Crippen molar-refractivity contribution in [2.24, 2.45) is 0 Å². The Morgan fingerprint density at radius 3 is 2.70 bits per heavy atom. The monoisotopic (exact) mass is 329 g/mol. The topological polar surface area (TPSA) is 67.9 Å². The molecule has 0 fully saturated rings. The Bertz CT molecular complexity index is 958. The molecule has 0 N–H and O–H groups in total. The highest BCUT2D eigenvalue weighted by Gasteiger charge is 2.19. The second-order valence-electron chi connectivity index (χ2n) is 4.72. The third-order valence-electron chi connectivity index (χ3n) is 3.20. The number of rotatable bonds is 2. The number of pyridine rings is 1. The van der Waals surface area contributed by atoms with Gasteiger partial charge >= 0.3 is 5.97 Å². The van der Waals surface area contributed by atoms with E-state index in [1.807, 2.05) is 6.07 Å². The Morgan fingerprint density at radius 2 is 2.09 bits per heavy atom. The Balaban J connectivity index is 2.34. The number of aromatic nitrogens is 2. The zero-order chi connectivity index (χ0) is 16.6. The minimum atomic E-state index is -0.525. The zero-order valence-electron chi connectivity index (χ0n) is 11.9. The number of halogens is 2. The third-order valence-corrected chi connectivity index (χ3v) is 3.49. The van der Waals surface area contributed by atoms with Gasteiger partial charge in [0.1, 0.15) is 11.9 Å². The van der Waals surface area contributed by atoms with Gasteiger partial charge < -0.3 is 9.30 Å². The SMILES string of the molecule is CC(=O)Oc1cnc(C#N)c2c1c(Cl)cn2-c1ccc(F)cc1. The Labute approximate surface area is 135 Å². The molecule has 0 aliphatic rings. The summed E-state index contributed by atoms with van der Waals surface area (Å²) >= 11 is 6.25. The normalized spacial score (nSPS) is 10.5. The highest BCUT2D eigenvalue weighted by Crippen LogP contribution is 2.36. The summed E-state index contributed by atoms with van der Waals surface area (Å²) in [7, 11) is 0. The van der Waals surface area contributed by atoms with Gasteiger partial charge in [-0.3, -0.25) is 4.79 Å². The Morgan fingerprint density at radius 1 is 1.39 bits per heavy atom. The lowest BCUT2D eigenvalue weighted by molar-refractivity contribution is -0.131. The van der Waals surface area contributed by atoms with Gasteiger partial charge in [-0.1, -0.05) is 11.6 Å². The van der Waals surface area contributed by atoms with Crippen molar-refractivity contribution in [1.29, 1.82) is 5.26 Å². The summed E-state index contributed by atoms with van der Waals surface area (Å²) in [6, 6.07) is 7.67. The average Bonchev–Trinajstić information content (AvgIpc) is 2.86. The number of nitriles is 1. The van der Waals surface area contributed by atoms with Gasteiger partial charge in [0.15, 0.2) is 11.4 Å². The predicted octanol–water partition coefficient (Wildman–Crippen LogP) is 3.61. The van der Waals surface area contributed by atoms with Crippen LogP contribution in [-0.4, -0.2) is 15.5 Å². The molecular formula is C16H9ClFN3O2. The van der Waals surface area contributed by atoms with Gasteiger partial charge in [0.05, 0.1) is 22.1 Å². The lowest BCUT2D eigenvalue weighted by Crippen LogP contribution is -2.03. The van der Waals surface area contributed by atoms with Crippen LogP contribution in [0.15, 0.2) is 36.7 Å². The molecule has 0 saturated heterocycles. The van der Waals surface area contributed by atoms with Crippen LogP contribution < -0.4 is 4.74 Å². The smallest absolute Gasteiger partial charge is 0.308 e. The molecule has 1 aromatic carbocycles. The number of esters is 1. The average molecular weight is 330 g/mol. The van der Waals surface area contributed by atoms with Gasteiger partial charge in [-0.15, -0.1) is 0 Å². The zero-order valence-corrected chi connectivity index (χ0v) is 12.6. The van der Waals surface area contributed by atoms with Crippen molar-refractivity contribution < 1.29 is 13.9 Å². The minimum absolute atomic E-state index is 0.118. The molecule has 7 heteroatoms. The van der Waals surface area contributed by atoms with Gasteiger partial charge in [-0.2, -0.15) is 5.26 Å². The van der Waals surface area contributed by atoms with Crippen LogP contribution in [0.3, 0.4) is 0 Å². The fraction of sp³-hybridized carbons (Fsp3) is 0.0625. The number of hydrogen-bond donors (Lipinski definition) is 0. The molecule has 2 aromatic heterocycles. The maximum atomic E-state index is 13.1. The highest BCUT2D eigenvalue weighted by molar-refractivity contribution is 6.36. The number of fused-ring (bicyclic) bond motifs is 1. The van der Waals surface area contributed by atoms with Crippen molar-refractivity contribution in [1.82, 2.24) is 9.55 Å². The lowest BCUT2D eigenvalue weighted by atomic mass is 10.2. The van der Waals surface area contributed by atoms with Gasteiger partial charge in [-0.05, 0) is 24.3 Å². The molecular weight excluding hydrogens is 321 g/mol. The highest BCUT2D eigenvalue weighted by atomic mass is 35.5. The van der Waals surface area contributed by atoms with E-state index in [2.05, 4.69) is 4.98 Å². The van der Waals surface area contributed by atoms with Gasteiger partial charge in [-0.25, -0.2) is 9.37 Å². The van der Waals surface area contributed by atoms with Gasteiger partial charge in [0, 0.05) is 18.8 Å². The largest absolute Gasteiger partial charge is 0.424 e. The number of hydrogen-bond acceptors (Lipinski definition) is 4. The second kappa shape index (κ2) is 5.71. The Hall–Kier alpha value is -2.91. The van der Waals surface area contributed by atoms with E-state index in [1.54, 1.807) is 22.9 Å². The number of carbonyl (C=O) groups excluding carboxylic acids is 1. The maximum absolute atomic E-state index is 13.1. The van der Waals surface area contributed by atoms with Crippen molar-refractivity contribution in [2.45, 2.75) is 6.92 Å². The first-order valence-corrected chi connectivity index (χ1v) is 6.93. The first-order valence-electron chi connectivity index (χ1n) is 6.55. The fourth-order valence-corrected chi connectivity index (χ4v) is 2.59. The molecule has 0 spiro atoms. The fourth-order valence-electron chi connectivity index (χ4n) is 2.31. The molecule has 3 rings (SSSR count). The molecule has 2 heterocycles. The van der Waals surface area contributed by atoms with Crippen LogP contribution in [0, 0.1) is 17.1 Å². The summed E-state index contributed by atoms with van der Waals surface area (Å²) in [5.74, 6) is -0.740. The molecule has 0 radical (unpaired) electrons. The summed E-state index contributed by atoms with van der Waals surface area (Å²) in [6.45, 7) is 1.26. The predicted molar refractivity (Wildman–Crippen MR) is 82.1 cm³/mol. The molecule has 0 aliphatic carbocycles.